The lowest BCUT2D eigenvalue weighted by molar-refractivity contribution is 0.316. The van der Waals surface area contributed by atoms with Crippen LogP contribution in [0.2, 0.25) is 0 Å². The van der Waals surface area contributed by atoms with Crippen molar-refractivity contribution >= 4 is 5.82 Å². The third-order valence-corrected chi connectivity index (χ3v) is 2.20. The quantitative estimate of drug-likeness (QED) is 0.739. The van der Waals surface area contributed by atoms with Gasteiger partial charge in [0.1, 0.15) is 5.82 Å². The van der Waals surface area contributed by atoms with Crippen LogP contribution < -0.4 is 5.32 Å². The number of anilines is 1. The van der Waals surface area contributed by atoms with Gasteiger partial charge in [-0.1, -0.05) is 13.8 Å². The van der Waals surface area contributed by atoms with E-state index >= 15 is 0 Å². The van der Waals surface area contributed by atoms with Gasteiger partial charge in [0.15, 0.2) is 0 Å². The molecule has 0 radical (unpaired) electrons. The van der Waals surface area contributed by atoms with E-state index in [0.29, 0.717) is 0 Å². The summed E-state index contributed by atoms with van der Waals surface area (Å²) in [6.45, 7) is 8.50. The molecule has 0 bridgehead atoms. The van der Waals surface area contributed by atoms with E-state index in [-0.39, 0.29) is 0 Å². The summed E-state index contributed by atoms with van der Waals surface area (Å²) in [7, 11) is 0. The minimum Gasteiger partial charge on any atom is -0.367 e. The van der Waals surface area contributed by atoms with Crippen molar-refractivity contribution in [2.45, 2.75) is 13.8 Å². The third kappa shape index (κ3) is 3.70. The summed E-state index contributed by atoms with van der Waals surface area (Å²) >= 11 is 0. The maximum atomic E-state index is 3.95. The van der Waals surface area contributed by atoms with Gasteiger partial charge in [-0.2, -0.15) is 5.10 Å². The highest BCUT2D eigenvalue weighted by Gasteiger charge is 1.98. The molecule has 1 aromatic rings. The highest BCUT2D eigenvalue weighted by Crippen LogP contribution is 1.96. The zero-order valence-corrected chi connectivity index (χ0v) is 8.90. The van der Waals surface area contributed by atoms with Gasteiger partial charge >= 0.3 is 0 Å². The summed E-state index contributed by atoms with van der Waals surface area (Å²) in [6, 6.07) is 3.81. The van der Waals surface area contributed by atoms with Crippen LogP contribution in [0.25, 0.3) is 0 Å². The lowest BCUT2D eigenvalue weighted by Gasteiger charge is -2.17. The van der Waals surface area contributed by atoms with Crippen molar-refractivity contribution in [1.29, 1.82) is 0 Å². The molecule has 78 valence electrons. The summed E-state index contributed by atoms with van der Waals surface area (Å²) in [6.07, 6.45) is 1.68. The largest absolute Gasteiger partial charge is 0.367 e. The molecule has 1 aromatic heterocycles. The average molecular weight is 194 g/mol. The molecular weight excluding hydrogens is 176 g/mol. The smallest absolute Gasteiger partial charge is 0.148 e. The summed E-state index contributed by atoms with van der Waals surface area (Å²) < 4.78 is 0. The molecule has 0 saturated heterocycles. The molecule has 0 saturated carbocycles. The van der Waals surface area contributed by atoms with E-state index in [0.717, 1.165) is 32.0 Å². The number of hydrogen-bond acceptors (Lipinski definition) is 4. The predicted octanol–water partition coefficient (Wildman–Crippen LogP) is 1.23. The zero-order chi connectivity index (χ0) is 10.2. The van der Waals surface area contributed by atoms with Crippen LogP contribution in [0.4, 0.5) is 5.82 Å². The maximum Gasteiger partial charge on any atom is 0.148 e. The van der Waals surface area contributed by atoms with Crippen molar-refractivity contribution in [1.82, 2.24) is 15.1 Å². The SMILES string of the molecule is CCN(CC)CCNc1cccnn1. The second kappa shape index (κ2) is 6.32. The van der Waals surface area contributed by atoms with Gasteiger partial charge in [0, 0.05) is 19.3 Å². The number of nitrogens with zero attached hydrogens (tertiary/aromatic N) is 3. The number of nitrogens with one attached hydrogen (secondary N) is 1. The molecule has 1 rings (SSSR count). The Labute approximate surface area is 85.3 Å². The van der Waals surface area contributed by atoms with Crippen LogP contribution in [0, 0.1) is 0 Å². The molecule has 1 N–H and O–H groups in total. The second-order valence-electron chi connectivity index (χ2n) is 3.06. The van der Waals surface area contributed by atoms with Crippen LogP contribution >= 0.6 is 0 Å². The van der Waals surface area contributed by atoms with Crippen molar-refractivity contribution in [3.8, 4) is 0 Å². The van der Waals surface area contributed by atoms with Gasteiger partial charge in [-0.05, 0) is 25.2 Å². The van der Waals surface area contributed by atoms with Gasteiger partial charge in [0.2, 0.25) is 0 Å². The van der Waals surface area contributed by atoms with Crippen LogP contribution in [0.1, 0.15) is 13.8 Å². The van der Waals surface area contributed by atoms with Gasteiger partial charge in [-0.25, -0.2) is 0 Å². The molecule has 0 fully saturated rings. The van der Waals surface area contributed by atoms with Gasteiger partial charge in [0.25, 0.3) is 0 Å². The van der Waals surface area contributed by atoms with E-state index in [9.17, 15) is 0 Å². The minimum atomic E-state index is 0.847. The lowest BCUT2D eigenvalue weighted by atomic mass is 10.4. The Morgan fingerprint density at radius 2 is 2.14 bits per heavy atom. The van der Waals surface area contributed by atoms with E-state index in [4.69, 9.17) is 0 Å². The minimum absolute atomic E-state index is 0.847. The van der Waals surface area contributed by atoms with E-state index in [1.54, 1.807) is 6.20 Å². The van der Waals surface area contributed by atoms with Gasteiger partial charge in [0.05, 0.1) is 0 Å². The Balaban J connectivity index is 2.21. The van der Waals surface area contributed by atoms with Crippen LogP contribution in [0.5, 0.6) is 0 Å². The van der Waals surface area contributed by atoms with Gasteiger partial charge in [-0.15, -0.1) is 5.10 Å². The molecule has 0 aliphatic carbocycles. The average Bonchev–Trinajstić information content (AvgIpc) is 2.26. The van der Waals surface area contributed by atoms with Crippen LogP contribution in [-0.4, -0.2) is 41.3 Å². The summed E-state index contributed by atoms with van der Waals surface area (Å²) in [5.41, 5.74) is 0. The molecule has 0 amide bonds. The first-order valence-electron chi connectivity index (χ1n) is 5.10. The molecule has 0 aliphatic rings. The first kappa shape index (κ1) is 10.9. The molecule has 0 aromatic carbocycles. The molecule has 4 heteroatoms. The molecular formula is C10H18N4. The lowest BCUT2D eigenvalue weighted by Crippen LogP contribution is -2.28. The van der Waals surface area contributed by atoms with E-state index < -0.39 is 0 Å². The Morgan fingerprint density at radius 1 is 1.36 bits per heavy atom. The summed E-state index contributed by atoms with van der Waals surface area (Å²) in [4.78, 5) is 2.36. The first-order valence-corrected chi connectivity index (χ1v) is 5.10. The van der Waals surface area contributed by atoms with E-state index in [2.05, 4.69) is 34.3 Å². The second-order valence-corrected chi connectivity index (χ2v) is 3.06. The Bertz CT molecular complexity index is 233. The zero-order valence-electron chi connectivity index (χ0n) is 8.90. The van der Waals surface area contributed by atoms with Crippen molar-refractivity contribution in [3.05, 3.63) is 18.3 Å². The number of rotatable bonds is 6. The molecule has 0 aliphatic heterocycles. The van der Waals surface area contributed by atoms with Crippen molar-refractivity contribution in [2.24, 2.45) is 0 Å². The number of aromatic nitrogens is 2. The molecule has 0 atom stereocenters. The molecule has 14 heavy (non-hydrogen) atoms. The highest BCUT2D eigenvalue weighted by atomic mass is 15.2. The van der Waals surface area contributed by atoms with Crippen LogP contribution in [0.15, 0.2) is 18.3 Å². The molecule has 0 unspecified atom stereocenters. The normalized spacial score (nSPS) is 10.5. The Kier molecular flexibility index (Phi) is 4.93. The van der Waals surface area contributed by atoms with E-state index in [1.165, 1.54) is 0 Å². The number of likely N-dealkylation sites (N-methyl/N-ethyl adjacent to an activating group) is 1. The predicted molar refractivity (Wildman–Crippen MR) is 58.3 cm³/mol. The first-order chi connectivity index (χ1) is 6.86. The van der Waals surface area contributed by atoms with Crippen LogP contribution in [-0.2, 0) is 0 Å². The monoisotopic (exact) mass is 194 g/mol. The summed E-state index contributed by atoms with van der Waals surface area (Å²) in [5.74, 6) is 0.847. The van der Waals surface area contributed by atoms with Crippen molar-refractivity contribution < 1.29 is 0 Å². The number of hydrogen-bond donors (Lipinski definition) is 1. The highest BCUT2D eigenvalue weighted by molar-refractivity contribution is 5.31. The standard InChI is InChI=1S/C10H18N4/c1-3-14(4-2)9-8-11-10-6-5-7-12-13-10/h5-7H,3-4,8-9H2,1-2H3,(H,11,13). The van der Waals surface area contributed by atoms with Gasteiger partial charge < -0.3 is 10.2 Å². The molecule has 1 heterocycles. The summed E-state index contributed by atoms with van der Waals surface area (Å²) in [5, 5.41) is 11.0. The Morgan fingerprint density at radius 3 is 2.71 bits per heavy atom. The van der Waals surface area contributed by atoms with Crippen molar-refractivity contribution in [2.75, 3.05) is 31.5 Å². The fourth-order valence-electron chi connectivity index (χ4n) is 1.28. The van der Waals surface area contributed by atoms with Gasteiger partial charge in [-0.3, -0.25) is 0 Å². The fourth-order valence-corrected chi connectivity index (χ4v) is 1.28. The third-order valence-electron chi connectivity index (χ3n) is 2.20. The fraction of sp³-hybridized carbons (Fsp3) is 0.600. The molecule has 0 spiro atoms. The van der Waals surface area contributed by atoms with E-state index in [1.807, 2.05) is 12.1 Å². The van der Waals surface area contributed by atoms with Crippen LogP contribution in [0.3, 0.4) is 0 Å². The topological polar surface area (TPSA) is 41.0 Å². The maximum absolute atomic E-state index is 3.95. The molecule has 4 nitrogen and oxygen atoms in total. The Hall–Kier alpha value is -1.16. The van der Waals surface area contributed by atoms with Crippen molar-refractivity contribution in [3.63, 3.8) is 0 Å².